The molecule has 1 rings (SSSR count). The maximum absolute atomic E-state index is 10.8. The molecule has 0 aliphatic heterocycles. The van der Waals surface area contributed by atoms with Crippen molar-refractivity contribution in [1.29, 1.82) is 0 Å². The second-order valence-electron chi connectivity index (χ2n) is 3.82. The van der Waals surface area contributed by atoms with E-state index in [0.29, 0.717) is 6.42 Å². The van der Waals surface area contributed by atoms with Gasteiger partial charge in [0.2, 0.25) is 0 Å². The fraction of sp³-hybridized carbons (Fsp3) is 0.636. The van der Waals surface area contributed by atoms with Gasteiger partial charge in [-0.15, -0.1) is 0 Å². The largest absolute Gasteiger partial charge is 0.458 e. The van der Waals surface area contributed by atoms with Crippen LogP contribution in [0, 0.1) is 5.92 Å². The van der Waals surface area contributed by atoms with Crippen LogP contribution in [0.2, 0.25) is 0 Å². The third-order valence-electron chi connectivity index (χ3n) is 2.30. The Labute approximate surface area is 89.2 Å². The number of hydrogen-bond acceptors (Lipinski definition) is 4. The summed E-state index contributed by atoms with van der Waals surface area (Å²) >= 11 is 0. The Hall–Kier alpha value is -1.32. The molecular weight excluding hydrogens is 196 g/mol. The topological polar surface area (TPSA) is 52.6 Å². The minimum absolute atomic E-state index is 0.170. The lowest BCUT2D eigenvalue weighted by Crippen LogP contribution is -2.31. The molecule has 0 bridgehead atoms. The highest BCUT2D eigenvalue weighted by atomic mass is 16.5. The van der Waals surface area contributed by atoms with E-state index in [1.54, 1.807) is 12.2 Å². The minimum atomic E-state index is -0.289. The lowest BCUT2D eigenvalue weighted by atomic mass is 9.91. The molecule has 4 nitrogen and oxygen atoms in total. The predicted octanol–water partition coefficient (Wildman–Crippen LogP) is 1.45. The van der Waals surface area contributed by atoms with Crippen molar-refractivity contribution in [2.24, 2.45) is 5.92 Å². The van der Waals surface area contributed by atoms with E-state index in [1.807, 2.05) is 6.92 Å². The van der Waals surface area contributed by atoms with Crippen LogP contribution in [-0.4, -0.2) is 24.1 Å². The van der Waals surface area contributed by atoms with Crippen LogP contribution in [0.25, 0.3) is 0 Å². The van der Waals surface area contributed by atoms with Crippen molar-refractivity contribution < 1.29 is 19.1 Å². The van der Waals surface area contributed by atoms with Crippen molar-refractivity contribution in [1.82, 2.24) is 0 Å². The fourth-order valence-corrected chi connectivity index (χ4v) is 1.65. The summed E-state index contributed by atoms with van der Waals surface area (Å²) in [7, 11) is 0. The molecule has 0 radical (unpaired) electrons. The summed E-state index contributed by atoms with van der Waals surface area (Å²) in [5, 5.41) is 0. The van der Waals surface area contributed by atoms with Gasteiger partial charge in [-0.05, 0) is 18.6 Å². The number of esters is 2. The first kappa shape index (κ1) is 11.8. The van der Waals surface area contributed by atoms with Gasteiger partial charge >= 0.3 is 11.9 Å². The smallest absolute Gasteiger partial charge is 0.303 e. The molecule has 0 aromatic carbocycles. The summed E-state index contributed by atoms with van der Waals surface area (Å²) < 4.78 is 10.1. The SMILES string of the molecule is CC(=O)O[C@H]1C=C[C@@H](OC(C)=O)[C@@H](C)C1. The molecule has 84 valence electrons. The molecule has 4 heteroatoms. The zero-order valence-electron chi connectivity index (χ0n) is 9.23. The zero-order chi connectivity index (χ0) is 11.4. The maximum Gasteiger partial charge on any atom is 0.303 e. The first-order valence-electron chi connectivity index (χ1n) is 5.02. The quantitative estimate of drug-likeness (QED) is 0.513. The van der Waals surface area contributed by atoms with Gasteiger partial charge in [0.25, 0.3) is 0 Å². The van der Waals surface area contributed by atoms with Gasteiger partial charge < -0.3 is 9.47 Å². The normalized spacial score (nSPS) is 29.7. The lowest BCUT2D eigenvalue weighted by molar-refractivity contribution is -0.151. The highest BCUT2D eigenvalue weighted by Gasteiger charge is 2.26. The highest BCUT2D eigenvalue weighted by Crippen LogP contribution is 2.23. The van der Waals surface area contributed by atoms with Crippen molar-refractivity contribution in [3.8, 4) is 0 Å². The summed E-state index contributed by atoms with van der Waals surface area (Å²) in [5.41, 5.74) is 0. The molecule has 0 spiro atoms. The number of carbonyl (C=O) groups excluding carboxylic acids is 2. The van der Waals surface area contributed by atoms with Crippen LogP contribution in [0.1, 0.15) is 27.2 Å². The number of rotatable bonds is 2. The molecule has 1 aliphatic rings. The Morgan fingerprint density at radius 1 is 1.13 bits per heavy atom. The van der Waals surface area contributed by atoms with Crippen molar-refractivity contribution in [2.45, 2.75) is 39.4 Å². The van der Waals surface area contributed by atoms with E-state index in [4.69, 9.17) is 9.47 Å². The van der Waals surface area contributed by atoms with Gasteiger partial charge in [-0.25, -0.2) is 0 Å². The molecule has 0 fully saturated rings. The molecule has 3 atom stereocenters. The third-order valence-corrected chi connectivity index (χ3v) is 2.30. The summed E-state index contributed by atoms with van der Waals surface area (Å²) in [4.78, 5) is 21.5. The summed E-state index contributed by atoms with van der Waals surface area (Å²) in [5.74, 6) is -0.409. The standard InChI is InChI=1S/C11H16O4/c1-7-6-10(14-8(2)12)4-5-11(7)15-9(3)13/h4-5,7,10-11H,6H2,1-3H3/t7-,10-,11+/m0/s1. The fourth-order valence-electron chi connectivity index (χ4n) is 1.65. The monoisotopic (exact) mass is 212 g/mol. The minimum Gasteiger partial charge on any atom is -0.458 e. The van der Waals surface area contributed by atoms with Gasteiger partial charge in [0.1, 0.15) is 12.2 Å². The van der Waals surface area contributed by atoms with Crippen LogP contribution in [-0.2, 0) is 19.1 Å². The van der Waals surface area contributed by atoms with E-state index in [2.05, 4.69) is 0 Å². The molecule has 0 heterocycles. The van der Waals surface area contributed by atoms with Crippen molar-refractivity contribution in [2.75, 3.05) is 0 Å². The molecular formula is C11H16O4. The Balaban J connectivity index is 2.54. The molecule has 1 aliphatic carbocycles. The highest BCUT2D eigenvalue weighted by molar-refractivity contribution is 5.67. The van der Waals surface area contributed by atoms with E-state index >= 15 is 0 Å². The van der Waals surface area contributed by atoms with Gasteiger partial charge in [-0.3, -0.25) is 9.59 Å². The molecule has 15 heavy (non-hydrogen) atoms. The van der Waals surface area contributed by atoms with Crippen LogP contribution in [0.3, 0.4) is 0 Å². The molecule has 0 aromatic heterocycles. The Morgan fingerprint density at radius 3 is 2.20 bits per heavy atom. The molecule has 0 N–H and O–H groups in total. The van der Waals surface area contributed by atoms with E-state index in [0.717, 1.165) is 0 Å². The zero-order valence-corrected chi connectivity index (χ0v) is 9.23. The van der Waals surface area contributed by atoms with Crippen LogP contribution >= 0.6 is 0 Å². The number of hydrogen-bond donors (Lipinski definition) is 0. The van der Waals surface area contributed by atoms with Crippen molar-refractivity contribution in [3.05, 3.63) is 12.2 Å². The number of ether oxygens (including phenoxy) is 2. The van der Waals surface area contributed by atoms with E-state index in [-0.39, 0.29) is 30.1 Å². The van der Waals surface area contributed by atoms with E-state index in [1.165, 1.54) is 13.8 Å². The van der Waals surface area contributed by atoms with Crippen LogP contribution in [0.5, 0.6) is 0 Å². The van der Waals surface area contributed by atoms with Gasteiger partial charge in [-0.1, -0.05) is 6.92 Å². The first-order valence-corrected chi connectivity index (χ1v) is 5.02. The second-order valence-corrected chi connectivity index (χ2v) is 3.82. The van der Waals surface area contributed by atoms with Gasteiger partial charge in [0.05, 0.1) is 0 Å². The Morgan fingerprint density at radius 2 is 1.73 bits per heavy atom. The average Bonchev–Trinajstić information content (AvgIpc) is 2.08. The van der Waals surface area contributed by atoms with E-state index in [9.17, 15) is 9.59 Å². The molecule has 0 aromatic rings. The lowest BCUT2D eigenvalue weighted by Gasteiger charge is -2.28. The molecule has 0 unspecified atom stereocenters. The maximum atomic E-state index is 10.8. The average molecular weight is 212 g/mol. The van der Waals surface area contributed by atoms with Crippen LogP contribution in [0.4, 0.5) is 0 Å². The summed E-state index contributed by atoms with van der Waals surface area (Å²) in [6.07, 6.45) is 3.85. The Kier molecular flexibility index (Phi) is 3.88. The van der Waals surface area contributed by atoms with Crippen molar-refractivity contribution >= 4 is 11.9 Å². The van der Waals surface area contributed by atoms with E-state index < -0.39 is 0 Å². The Bertz CT molecular complexity index is 282. The summed E-state index contributed by atoms with van der Waals surface area (Å²) in [6, 6.07) is 0. The second kappa shape index (κ2) is 4.96. The molecule has 0 saturated heterocycles. The van der Waals surface area contributed by atoms with Gasteiger partial charge in [-0.2, -0.15) is 0 Å². The van der Waals surface area contributed by atoms with Crippen LogP contribution in [0.15, 0.2) is 12.2 Å². The first-order chi connectivity index (χ1) is 6.99. The molecule has 0 amide bonds. The third kappa shape index (κ3) is 3.73. The van der Waals surface area contributed by atoms with Crippen molar-refractivity contribution in [3.63, 3.8) is 0 Å². The van der Waals surface area contributed by atoms with Crippen LogP contribution < -0.4 is 0 Å². The van der Waals surface area contributed by atoms with Gasteiger partial charge in [0.15, 0.2) is 0 Å². The predicted molar refractivity (Wildman–Crippen MR) is 54.0 cm³/mol. The number of carbonyl (C=O) groups is 2. The molecule has 0 saturated carbocycles. The van der Waals surface area contributed by atoms with Gasteiger partial charge in [0, 0.05) is 19.8 Å². The summed E-state index contributed by atoms with van der Waals surface area (Å²) in [6.45, 7) is 4.74.